The standard InChI is InChI=1S/C12H11NO4/c13-3-2-8-6-9(12(14)15)11-10(7-8)16-4-1-5-17-11/h6-7H,1-2,4-5H2,(H,14,15). The summed E-state index contributed by atoms with van der Waals surface area (Å²) in [6.45, 7) is 0.924. The molecule has 17 heavy (non-hydrogen) atoms. The lowest BCUT2D eigenvalue weighted by molar-refractivity contribution is 0.0692. The van der Waals surface area contributed by atoms with Crippen LogP contribution in [0.25, 0.3) is 0 Å². The summed E-state index contributed by atoms with van der Waals surface area (Å²) in [7, 11) is 0. The summed E-state index contributed by atoms with van der Waals surface area (Å²) in [5.74, 6) is -0.407. The second-order valence-corrected chi connectivity index (χ2v) is 3.66. The third-order valence-corrected chi connectivity index (χ3v) is 2.42. The third-order valence-electron chi connectivity index (χ3n) is 2.42. The molecule has 88 valence electrons. The molecule has 0 spiro atoms. The molecule has 5 nitrogen and oxygen atoms in total. The van der Waals surface area contributed by atoms with Gasteiger partial charge in [-0.2, -0.15) is 5.26 Å². The topological polar surface area (TPSA) is 79.6 Å². The molecule has 0 saturated carbocycles. The Hall–Kier alpha value is -2.22. The molecule has 0 fully saturated rings. The van der Waals surface area contributed by atoms with Crippen LogP contribution in [0.4, 0.5) is 0 Å². The van der Waals surface area contributed by atoms with Crippen LogP contribution in [-0.2, 0) is 6.42 Å². The first-order valence-electron chi connectivity index (χ1n) is 5.25. The van der Waals surface area contributed by atoms with Crippen LogP contribution < -0.4 is 9.47 Å². The first kappa shape index (κ1) is 11.3. The molecule has 0 bridgehead atoms. The van der Waals surface area contributed by atoms with Crippen LogP contribution in [0.1, 0.15) is 22.3 Å². The second kappa shape index (κ2) is 4.74. The van der Waals surface area contributed by atoms with Gasteiger partial charge in [0.2, 0.25) is 0 Å². The Bertz CT molecular complexity index is 490. The molecular weight excluding hydrogens is 222 g/mol. The van der Waals surface area contributed by atoms with Gasteiger partial charge in [-0.15, -0.1) is 0 Å². The van der Waals surface area contributed by atoms with Crippen molar-refractivity contribution in [2.75, 3.05) is 13.2 Å². The van der Waals surface area contributed by atoms with Gasteiger partial charge in [0.25, 0.3) is 0 Å². The molecule has 0 unspecified atom stereocenters. The van der Waals surface area contributed by atoms with Gasteiger partial charge >= 0.3 is 5.97 Å². The fourth-order valence-corrected chi connectivity index (χ4v) is 1.68. The van der Waals surface area contributed by atoms with E-state index in [1.165, 1.54) is 6.07 Å². The fourth-order valence-electron chi connectivity index (χ4n) is 1.68. The largest absolute Gasteiger partial charge is 0.490 e. The molecule has 1 N–H and O–H groups in total. The van der Waals surface area contributed by atoms with Crippen molar-refractivity contribution < 1.29 is 19.4 Å². The summed E-state index contributed by atoms with van der Waals surface area (Å²) in [5, 5.41) is 17.7. The van der Waals surface area contributed by atoms with Crippen LogP contribution in [0.2, 0.25) is 0 Å². The molecule has 0 radical (unpaired) electrons. The molecule has 1 aromatic carbocycles. The van der Waals surface area contributed by atoms with Gasteiger partial charge in [0.05, 0.1) is 25.7 Å². The van der Waals surface area contributed by atoms with E-state index in [1.54, 1.807) is 6.07 Å². The van der Waals surface area contributed by atoms with Gasteiger partial charge < -0.3 is 14.6 Å². The molecule has 5 heteroatoms. The summed E-state index contributed by atoms with van der Waals surface area (Å²) >= 11 is 0. The molecule has 1 heterocycles. The molecule has 0 atom stereocenters. The molecule has 1 aliphatic heterocycles. The highest BCUT2D eigenvalue weighted by atomic mass is 16.5. The fraction of sp³-hybridized carbons (Fsp3) is 0.333. The van der Waals surface area contributed by atoms with Gasteiger partial charge in [-0.1, -0.05) is 0 Å². The number of rotatable bonds is 2. The first-order chi connectivity index (χ1) is 8.22. The summed E-state index contributed by atoms with van der Waals surface area (Å²) < 4.78 is 10.8. The maximum atomic E-state index is 11.1. The van der Waals surface area contributed by atoms with E-state index < -0.39 is 5.97 Å². The van der Waals surface area contributed by atoms with Gasteiger partial charge in [-0.25, -0.2) is 4.79 Å². The van der Waals surface area contributed by atoms with Gasteiger partial charge in [0.1, 0.15) is 5.56 Å². The minimum absolute atomic E-state index is 0.0506. The third kappa shape index (κ3) is 2.31. The number of hydrogen-bond donors (Lipinski definition) is 1. The lowest BCUT2D eigenvalue weighted by Gasteiger charge is -2.11. The average Bonchev–Trinajstić information content (AvgIpc) is 2.53. The number of carboxylic acid groups (broad SMARTS) is 1. The molecule has 0 aliphatic carbocycles. The Labute approximate surface area is 98.2 Å². The minimum atomic E-state index is -1.08. The highest BCUT2D eigenvalue weighted by Crippen LogP contribution is 2.35. The Kier molecular flexibility index (Phi) is 3.15. The average molecular weight is 233 g/mol. The van der Waals surface area contributed by atoms with Crippen LogP contribution in [0, 0.1) is 11.3 Å². The van der Waals surface area contributed by atoms with Crippen molar-refractivity contribution in [3.8, 4) is 17.6 Å². The van der Waals surface area contributed by atoms with E-state index in [-0.39, 0.29) is 17.7 Å². The monoisotopic (exact) mass is 233 g/mol. The smallest absolute Gasteiger partial charge is 0.339 e. The zero-order chi connectivity index (χ0) is 12.3. The van der Waals surface area contributed by atoms with E-state index in [0.717, 1.165) is 0 Å². The maximum absolute atomic E-state index is 11.1. The number of carbonyl (C=O) groups is 1. The SMILES string of the molecule is N#CCc1cc2c(c(C(=O)O)c1)OCCCO2. The van der Waals surface area contributed by atoms with Crippen LogP contribution in [0.15, 0.2) is 12.1 Å². The van der Waals surface area contributed by atoms with Crippen LogP contribution >= 0.6 is 0 Å². The molecule has 2 rings (SSSR count). The number of nitriles is 1. The summed E-state index contributed by atoms with van der Waals surface area (Å²) in [6.07, 6.45) is 0.859. The molecular formula is C12H11NO4. The minimum Gasteiger partial charge on any atom is -0.490 e. The Morgan fingerprint density at radius 2 is 2.18 bits per heavy atom. The van der Waals surface area contributed by atoms with Gasteiger partial charge in [0, 0.05) is 6.42 Å². The molecule has 1 aliphatic rings. The van der Waals surface area contributed by atoms with Crippen molar-refractivity contribution in [2.45, 2.75) is 12.8 Å². The van der Waals surface area contributed by atoms with Gasteiger partial charge in [-0.3, -0.25) is 0 Å². The number of benzene rings is 1. The molecule has 0 saturated heterocycles. The van der Waals surface area contributed by atoms with E-state index in [2.05, 4.69) is 0 Å². The first-order valence-corrected chi connectivity index (χ1v) is 5.25. The second-order valence-electron chi connectivity index (χ2n) is 3.66. The number of carboxylic acids is 1. The van der Waals surface area contributed by atoms with E-state index in [9.17, 15) is 4.79 Å². The van der Waals surface area contributed by atoms with Crippen LogP contribution in [0.3, 0.4) is 0 Å². The zero-order valence-electron chi connectivity index (χ0n) is 9.10. The summed E-state index contributed by atoms with van der Waals surface area (Å²) in [5.41, 5.74) is 0.670. The normalized spacial score (nSPS) is 13.6. The van der Waals surface area contributed by atoms with Crippen LogP contribution in [-0.4, -0.2) is 24.3 Å². The maximum Gasteiger partial charge on any atom is 0.339 e. The number of ether oxygens (including phenoxy) is 2. The van der Waals surface area contributed by atoms with Crippen molar-refractivity contribution in [3.63, 3.8) is 0 Å². The van der Waals surface area contributed by atoms with E-state index >= 15 is 0 Å². The van der Waals surface area contributed by atoms with E-state index in [0.29, 0.717) is 30.9 Å². The number of hydrogen-bond acceptors (Lipinski definition) is 4. The predicted octanol–water partition coefficient (Wildman–Crippen LogP) is 1.61. The zero-order valence-corrected chi connectivity index (χ0v) is 9.10. The van der Waals surface area contributed by atoms with Gasteiger partial charge in [-0.05, 0) is 17.7 Å². The van der Waals surface area contributed by atoms with Crippen LogP contribution in [0.5, 0.6) is 11.5 Å². The molecule has 0 aromatic heterocycles. The quantitative estimate of drug-likeness (QED) is 0.839. The highest BCUT2D eigenvalue weighted by molar-refractivity contribution is 5.92. The molecule has 1 aromatic rings. The Balaban J connectivity index is 2.52. The van der Waals surface area contributed by atoms with Gasteiger partial charge in [0.15, 0.2) is 11.5 Å². The van der Waals surface area contributed by atoms with E-state index in [4.69, 9.17) is 19.8 Å². The Morgan fingerprint density at radius 1 is 1.41 bits per heavy atom. The van der Waals surface area contributed by atoms with E-state index in [1.807, 2.05) is 6.07 Å². The van der Waals surface area contributed by atoms with Crippen molar-refractivity contribution in [2.24, 2.45) is 0 Å². The number of fused-ring (bicyclic) bond motifs is 1. The lowest BCUT2D eigenvalue weighted by atomic mass is 10.1. The summed E-state index contributed by atoms with van der Waals surface area (Å²) in [6, 6.07) is 5.10. The Morgan fingerprint density at radius 3 is 2.88 bits per heavy atom. The number of nitrogens with zero attached hydrogens (tertiary/aromatic N) is 1. The van der Waals surface area contributed by atoms with Crippen molar-refractivity contribution in [3.05, 3.63) is 23.3 Å². The number of aromatic carboxylic acids is 1. The van der Waals surface area contributed by atoms with Crippen molar-refractivity contribution >= 4 is 5.97 Å². The summed E-state index contributed by atoms with van der Waals surface area (Å²) in [4.78, 5) is 11.1. The lowest BCUT2D eigenvalue weighted by Crippen LogP contribution is -2.04. The molecule has 0 amide bonds. The highest BCUT2D eigenvalue weighted by Gasteiger charge is 2.20. The predicted molar refractivity (Wildman–Crippen MR) is 58.3 cm³/mol. The van der Waals surface area contributed by atoms with Crippen molar-refractivity contribution in [1.82, 2.24) is 0 Å². The van der Waals surface area contributed by atoms with Crippen molar-refractivity contribution in [1.29, 1.82) is 5.26 Å².